The highest BCUT2D eigenvalue weighted by molar-refractivity contribution is 7.89. The van der Waals surface area contributed by atoms with Crippen LogP contribution in [0.4, 0.5) is 5.13 Å². The number of rotatable bonds is 7. The number of carbonyl (C=O) groups excluding carboxylic acids is 1. The van der Waals surface area contributed by atoms with E-state index in [9.17, 15) is 13.2 Å². The van der Waals surface area contributed by atoms with E-state index in [1.807, 2.05) is 0 Å². The Labute approximate surface area is 194 Å². The van der Waals surface area contributed by atoms with Gasteiger partial charge >= 0.3 is 0 Å². The number of carbonyl (C=O) groups is 1. The third-order valence-corrected chi connectivity index (χ3v) is 8.46. The summed E-state index contributed by atoms with van der Waals surface area (Å²) >= 11 is 6.48. The van der Waals surface area contributed by atoms with Crippen LogP contribution in [-0.4, -0.2) is 51.5 Å². The monoisotopic (exact) mass is 494 g/mol. The number of nitrogens with one attached hydrogen (secondary N) is 2. The van der Waals surface area contributed by atoms with Crippen LogP contribution >= 0.6 is 23.6 Å². The Kier molecular flexibility index (Phi) is 6.16. The number of nitrogens with zero attached hydrogens (tertiary/aromatic N) is 4. The maximum absolute atomic E-state index is 12.8. The van der Waals surface area contributed by atoms with Gasteiger partial charge in [-0.05, 0) is 38.9 Å². The van der Waals surface area contributed by atoms with Gasteiger partial charge in [-0.3, -0.25) is 19.8 Å². The Morgan fingerprint density at radius 1 is 1.41 bits per heavy atom. The topological polar surface area (TPSA) is 126 Å². The second-order valence-corrected chi connectivity index (χ2v) is 10.6. The molecule has 1 aliphatic rings. The molecule has 10 nitrogen and oxygen atoms in total. The SMILES string of the molecule is C=CCn1c(-c2sc(NC(=O)c3cc(S(=O)(=O)N4CCCC4)c(C)o3)nc2C)n[nH]c1=S. The average Bonchev–Trinajstić information content (AvgIpc) is 3.51. The predicted molar refractivity (Wildman–Crippen MR) is 123 cm³/mol. The molecule has 2 N–H and O–H groups in total. The van der Waals surface area contributed by atoms with Crippen molar-refractivity contribution in [3.8, 4) is 10.7 Å². The molecule has 1 amide bonds. The summed E-state index contributed by atoms with van der Waals surface area (Å²) in [4.78, 5) is 17.9. The number of aromatic amines is 1. The molecule has 13 heteroatoms. The lowest BCUT2D eigenvalue weighted by atomic mass is 10.3. The van der Waals surface area contributed by atoms with Crippen molar-refractivity contribution in [2.24, 2.45) is 0 Å². The lowest BCUT2D eigenvalue weighted by Crippen LogP contribution is -2.28. The number of H-pyrrole nitrogens is 1. The van der Waals surface area contributed by atoms with Gasteiger partial charge in [0.2, 0.25) is 10.0 Å². The zero-order valence-electron chi connectivity index (χ0n) is 17.5. The molecule has 4 rings (SSSR count). The molecule has 0 aromatic carbocycles. The molecule has 0 unspecified atom stereocenters. The fraction of sp³-hybridized carbons (Fsp3) is 0.368. The summed E-state index contributed by atoms with van der Waals surface area (Å²) in [5, 5.41) is 10.0. The van der Waals surface area contributed by atoms with E-state index in [4.69, 9.17) is 16.6 Å². The largest absolute Gasteiger partial charge is 0.455 e. The van der Waals surface area contributed by atoms with Gasteiger partial charge in [-0.25, -0.2) is 13.4 Å². The van der Waals surface area contributed by atoms with E-state index in [1.54, 1.807) is 17.6 Å². The van der Waals surface area contributed by atoms with Crippen molar-refractivity contribution in [2.75, 3.05) is 18.4 Å². The Morgan fingerprint density at radius 2 is 2.12 bits per heavy atom. The first kappa shape index (κ1) is 22.6. The van der Waals surface area contributed by atoms with Crippen LogP contribution in [0.25, 0.3) is 10.7 Å². The third-order valence-electron chi connectivity index (χ3n) is 5.07. The van der Waals surface area contributed by atoms with Crippen molar-refractivity contribution in [2.45, 2.75) is 38.1 Å². The molecule has 0 atom stereocenters. The first-order chi connectivity index (χ1) is 15.2. The van der Waals surface area contributed by atoms with Crippen LogP contribution in [-0.2, 0) is 16.6 Å². The highest BCUT2D eigenvalue weighted by Crippen LogP contribution is 2.32. The third kappa shape index (κ3) is 4.08. The number of amides is 1. The summed E-state index contributed by atoms with van der Waals surface area (Å²) in [6, 6.07) is 1.27. The van der Waals surface area contributed by atoms with Gasteiger partial charge in [0.15, 0.2) is 21.5 Å². The molecule has 1 aliphatic heterocycles. The van der Waals surface area contributed by atoms with E-state index in [1.165, 1.54) is 28.6 Å². The van der Waals surface area contributed by atoms with Crippen LogP contribution in [0.5, 0.6) is 0 Å². The maximum atomic E-state index is 12.8. The minimum Gasteiger partial charge on any atom is -0.455 e. The number of sulfonamides is 1. The number of hydrogen-bond acceptors (Lipinski definition) is 8. The number of anilines is 1. The molecule has 170 valence electrons. The van der Waals surface area contributed by atoms with Gasteiger partial charge in [0.05, 0.1) is 10.6 Å². The van der Waals surface area contributed by atoms with Crippen LogP contribution in [0.3, 0.4) is 0 Å². The zero-order chi connectivity index (χ0) is 23.0. The fourth-order valence-corrected chi connectivity index (χ4v) is 6.35. The number of furan rings is 1. The van der Waals surface area contributed by atoms with Gasteiger partial charge < -0.3 is 4.42 Å². The normalized spacial score (nSPS) is 14.7. The second kappa shape index (κ2) is 8.73. The Balaban J connectivity index is 1.58. The predicted octanol–water partition coefficient (Wildman–Crippen LogP) is 3.50. The van der Waals surface area contributed by atoms with Gasteiger partial charge in [-0.1, -0.05) is 17.4 Å². The first-order valence-electron chi connectivity index (χ1n) is 9.88. The van der Waals surface area contributed by atoms with Gasteiger partial charge in [-0.2, -0.15) is 9.40 Å². The Hall–Kier alpha value is -2.61. The Morgan fingerprint density at radius 3 is 2.81 bits per heavy atom. The average molecular weight is 495 g/mol. The molecule has 32 heavy (non-hydrogen) atoms. The highest BCUT2D eigenvalue weighted by Gasteiger charge is 2.32. The van der Waals surface area contributed by atoms with Crippen molar-refractivity contribution in [1.82, 2.24) is 24.1 Å². The number of allylic oxidation sites excluding steroid dienone is 1. The van der Waals surface area contributed by atoms with E-state index in [2.05, 4.69) is 27.1 Å². The van der Waals surface area contributed by atoms with Crippen molar-refractivity contribution in [1.29, 1.82) is 0 Å². The molecule has 0 aliphatic carbocycles. The molecular weight excluding hydrogens is 472 g/mol. The van der Waals surface area contributed by atoms with Gasteiger partial charge in [0.25, 0.3) is 5.91 Å². The molecule has 3 aromatic rings. The molecule has 4 heterocycles. The number of aryl methyl sites for hydroxylation is 2. The van der Waals surface area contributed by atoms with Crippen LogP contribution < -0.4 is 5.32 Å². The lowest BCUT2D eigenvalue weighted by Gasteiger charge is -2.14. The summed E-state index contributed by atoms with van der Waals surface area (Å²) in [5.41, 5.74) is 0.664. The molecule has 0 saturated carbocycles. The van der Waals surface area contributed by atoms with E-state index >= 15 is 0 Å². The zero-order valence-corrected chi connectivity index (χ0v) is 20.0. The van der Waals surface area contributed by atoms with Crippen LogP contribution in [0, 0.1) is 18.6 Å². The molecule has 1 fully saturated rings. The van der Waals surface area contributed by atoms with Crippen molar-refractivity contribution >= 4 is 44.6 Å². The summed E-state index contributed by atoms with van der Waals surface area (Å²) in [7, 11) is -3.69. The lowest BCUT2D eigenvalue weighted by molar-refractivity contribution is 0.0995. The smallest absolute Gasteiger partial charge is 0.293 e. The molecule has 3 aromatic heterocycles. The minimum atomic E-state index is -3.69. The van der Waals surface area contributed by atoms with E-state index < -0.39 is 15.9 Å². The minimum absolute atomic E-state index is 0.0144. The summed E-state index contributed by atoms with van der Waals surface area (Å²) in [6.07, 6.45) is 3.36. The molecule has 0 spiro atoms. The molecule has 0 radical (unpaired) electrons. The highest BCUT2D eigenvalue weighted by atomic mass is 32.2. The van der Waals surface area contributed by atoms with Gasteiger partial charge in [0, 0.05) is 25.7 Å². The number of aromatic nitrogens is 4. The number of hydrogen-bond donors (Lipinski definition) is 2. The van der Waals surface area contributed by atoms with Gasteiger partial charge in [0.1, 0.15) is 10.7 Å². The van der Waals surface area contributed by atoms with Crippen molar-refractivity contribution < 1.29 is 17.6 Å². The number of thiazole rings is 1. The van der Waals surface area contributed by atoms with Crippen molar-refractivity contribution in [3.63, 3.8) is 0 Å². The fourth-order valence-electron chi connectivity index (χ4n) is 3.51. The first-order valence-corrected chi connectivity index (χ1v) is 12.5. The van der Waals surface area contributed by atoms with E-state index in [0.717, 1.165) is 17.7 Å². The molecule has 0 bridgehead atoms. The Bertz CT molecular complexity index is 1340. The van der Waals surface area contributed by atoms with Crippen LogP contribution in [0.2, 0.25) is 0 Å². The maximum Gasteiger partial charge on any atom is 0.293 e. The van der Waals surface area contributed by atoms with Crippen LogP contribution in [0.1, 0.15) is 34.9 Å². The summed E-state index contributed by atoms with van der Waals surface area (Å²) in [6.45, 7) is 8.49. The molecular formula is C19H22N6O4S3. The van der Waals surface area contributed by atoms with E-state index in [0.29, 0.717) is 41.1 Å². The van der Waals surface area contributed by atoms with E-state index in [-0.39, 0.29) is 16.4 Å². The molecule has 1 saturated heterocycles. The van der Waals surface area contributed by atoms with Gasteiger partial charge in [-0.15, -0.1) is 6.58 Å². The summed E-state index contributed by atoms with van der Waals surface area (Å²) < 4.78 is 34.8. The van der Waals surface area contributed by atoms with Crippen LogP contribution in [0.15, 0.2) is 28.0 Å². The summed E-state index contributed by atoms with van der Waals surface area (Å²) in [5.74, 6) is 0.0986. The standard InChI is InChI=1S/C19H22N6O4S3/c1-4-7-25-16(22-23-19(25)30)15-11(2)20-18(31-15)21-17(26)13-10-14(12(3)29-13)32(27,28)24-8-5-6-9-24/h4,10H,1,5-9H2,2-3H3,(H,23,30)(H,20,21,26). The second-order valence-electron chi connectivity index (χ2n) is 7.28. The van der Waals surface area contributed by atoms with Crippen molar-refractivity contribution in [3.05, 3.63) is 40.7 Å². The quantitative estimate of drug-likeness (QED) is 0.380.